The minimum atomic E-state index is -0.840. The van der Waals surface area contributed by atoms with Crippen LogP contribution < -0.4 is 0 Å². The molecule has 0 aliphatic heterocycles. The molecule has 0 spiro atoms. The fourth-order valence-corrected chi connectivity index (χ4v) is 2.55. The summed E-state index contributed by atoms with van der Waals surface area (Å²) in [5.41, 5.74) is 0. The Balaban J connectivity index is 3.44. The van der Waals surface area contributed by atoms with Crippen LogP contribution in [0, 0.1) is 11.8 Å². The molecular weight excluding hydrogens is 248 g/mol. The third kappa shape index (κ3) is 13.6. The van der Waals surface area contributed by atoms with Crippen LogP contribution in [0.3, 0.4) is 0 Å². The second-order valence-electron chi connectivity index (χ2n) is 6.27. The van der Waals surface area contributed by atoms with Gasteiger partial charge in [0, 0.05) is 6.08 Å². The average molecular weight is 282 g/mol. The van der Waals surface area contributed by atoms with Crippen LogP contribution in [0.4, 0.5) is 0 Å². The molecule has 1 N–H and O–H groups in total. The monoisotopic (exact) mass is 282 g/mol. The van der Waals surface area contributed by atoms with Crippen molar-refractivity contribution in [3.63, 3.8) is 0 Å². The van der Waals surface area contributed by atoms with E-state index in [0.29, 0.717) is 5.92 Å². The SMILES string of the molecule is CCCCCCCCC(C)CCCC(C)C=CC(=O)O. The summed E-state index contributed by atoms with van der Waals surface area (Å²) in [6.07, 6.45) is 16.3. The fourth-order valence-electron chi connectivity index (χ4n) is 2.55. The second-order valence-corrected chi connectivity index (χ2v) is 6.27. The molecule has 0 saturated carbocycles. The molecule has 20 heavy (non-hydrogen) atoms. The number of rotatable bonds is 13. The van der Waals surface area contributed by atoms with E-state index in [1.807, 2.05) is 0 Å². The van der Waals surface area contributed by atoms with Gasteiger partial charge in [0.05, 0.1) is 0 Å². The molecule has 2 atom stereocenters. The van der Waals surface area contributed by atoms with Gasteiger partial charge >= 0.3 is 5.97 Å². The highest BCUT2D eigenvalue weighted by atomic mass is 16.4. The van der Waals surface area contributed by atoms with Crippen LogP contribution in [-0.4, -0.2) is 11.1 Å². The largest absolute Gasteiger partial charge is 0.478 e. The van der Waals surface area contributed by atoms with Crippen molar-refractivity contribution in [3.05, 3.63) is 12.2 Å². The maximum atomic E-state index is 10.4. The van der Waals surface area contributed by atoms with Gasteiger partial charge < -0.3 is 5.11 Å². The summed E-state index contributed by atoms with van der Waals surface area (Å²) >= 11 is 0. The summed E-state index contributed by atoms with van der Waals surface area (Å²) in [4.78, 5) is 10.4. The Morgan fingerprint density at radius 2 is 1.55 bits per heavy atom. The number of aliphatic carboxylic acids is 1. The van der Waals surface area contributed by atoms with Gasteiger partial charge in [-0.3, -0.25) is 0 Å². The number of carbonyl (C=O) groups is 1. The predicted molar refractivity (Wildman–Crippen MR) is 86.9 cm³/mol. The van der Waals surface area contributed by atoms with Gasteiger partial charge in [0.2, 0.25) is 0 Å². The zero-order chi connectivity index (χ0) is 15.2. The molecule has 0 aliphatic rings. The molecule has 0 bridgehead atoms. The van der Waals surface area contributed by atoms with E-state index in [9.17, 15) is 4.79 Å². The molecule has 2 heteroatoms. The first-order valence-corrected chi connectivity index (χ1v) is 8.47. The van der Waals surface area contributed by atoms with E-state index >= 15 is 0 Å². The van der Waals surface area contributed by atoms with Crippen molar-refractivity contribution >= 4 is 5.97 Å². The Morgan fingerprint density at radius 3 is 2.20 bits per heavy atom. The molecular formula is C18H34O2. The standard InChI is InChI=1S/C18H34O2/c1-4-5-6-7-8-9-11-16(2)12-10-13-17(3)14-15-18(19)20/h14-17H,4-13H2,1-3H3,(H,19,20). The maximum absolute atomic E-state index is 10.4. The Kier molecular flexibility index (Phi) is 12.7. The molecule has 0 amide bonds. The highest BCUT2D eigenvalue weighted by Crippen LogP contribution is 2.19. The molecule has 0 saturated heterocycles. The lowest BCUT2D eigenvalue weighted by Gasteiger charge is -2.12. The van der Waals surface area contributed by atoms with Crippen molar-refractivity contribution in [2.24, 2.45) is 11.8 Å². The van der Waals surface area contributed by atoms with Crippen LogP contribution in [-0.2, 0) is 4.79 Å². The molecule has 118 valence electrons. The number of hydrogen-bond acceptors (Lipinski definition) is 1. The number of hydrogen-bond donors (Lipinski definition) is 1. The molecule has 2 unspecified atom stereocenters. The minimum absolute atomic E-state index is 0.382. The number of allylic oxidation sites excluding steroid dienone is 1. The van der Waals surface area contributed by atoms with Gasteiger partial charge in [0.25, 0.3) is 0 Å². The van der Waals surface area contributed by atoms with Gasteiger partial charge in [0.15, 0.2) is 0 Å². The van der Waals surface area contributed by atoms with E-state index in [1.54, 1.807) is 6.08 Å². The van der Waals surface area contributed by atoms with Crippen molar-refractivity contribution < 1.29 is 9.90 Å². The Bertz CT molecular complexity index is 258. The van der Waals surface area contributed by atoms with E-state index < -0.39 is 5.97 Å². The molecule has 0 radical (unpaired) electrons. The number of carboxylic acid groups (broad SMARTS) is 1. The summed E-state index contributed by atoms with van der Waals surface area (Å²) in [5, 5.41) is 8.56. The fraction of sp³-hybridized carbons (Fsp3) is 0.833. The highest BCUT2D eigenvalue weighted by molar-refractivity contribution is 5.79. The number of unbranched alkanes of at least 4 members (excludes halogenated alkanes) is 5. The topological polar surface area (TPSA) is 37.3 Å². The molecule has 0 heterocycles. The van der Waals surface area contributed by atoms with Crippen molar-refractivity contribution in [1.82, 2.24) is 0 Å². The van der Waals surface area contributed by atoms with Gasteiger partial charge in [-0.1, -0.05) is 84.6 Å². The first-order chi connectivity index (χ1) is 9.56. The van der Waals surface area contributed by atoms with E-state index in [1.165, 1.54) is 63.9 Å². The third-order valence-corrected chi connectivity index (χ3v) is 3.97. The maximum Gasteiger partial charge on any atom is 0.327 e. The molecule has 2 nitrogen and oxygen atoms in total. The average Bonchev–Trinajstić information content (AvgIpc) is 2.40. The van der Waals surface area contributed by atoms with Crippen LogP contribution in [0.25, 0.3) is 0 Å². The van der Waals surface area contributed by atoms with E-state index in [0.717, 1.165) is 12.3 Å². The third-order valence-electron chi connectivity index (χ3n) is 3.97. The number of carboxylic acids is 1. The van der Waals surface area contributed by atoms with E-state index in [-0.39, 0.29) is 0 Å². The first-order valence-electron chi connectivity index (χ1n) is 8.47. The molecule has 0 aromatic rings. The van der Waals surface area contributed by atoms with Crippen LogP contribution in [0.15, 0.2) is 12.2 Å². The minimum Gasteiger partial charge on any atom is -0.478 e. The summed E-state index contributed by atoms with van der Waals surface area (Å²) in [6, 6.07) is 0. The first kappa shape index (κ1) is 19.2. The van der Waals surface area contributed by atoms with Gasteiger partial charge in [0.1, 0.15) is 0 Å². The molecule has 0 aromatic carbocycles. The van der Waals surface area contributed by atoms with Gasteiger partial charge in [-0.2, -0.15) is 0 Å². The quantitative estimate of drug-likeness (QED) is 0.341. The van der Waals surface area contributed by atoms with Gasteiger partial charge in [-0.15, -0.1) is 0 Å². The van der Waals surface area contributed by atoms with Crippen molar-refractivity contribution in [3.8, 4) is 0 Å². The highest BCUT2D eigenvalue weighted by Gasteiger charge is 2.04. The van der Waals surface area contributed by atoms with E-state index in [2.05, 4.69) is 20.8 Å². The van der Waals surface area contributed by atoms with Crippen LogP contribution in [0.5, 0.6) is 0 Å². The summed E-state index contributed by atoms with van der Waals surface area (Å²) in [7, 11) is 0. The summed E-state index contributed by atoms with van der Waals surface area (Å²) in [5.74, 6) is 0.359. The molecule has 0 aromatic heterocycles. The Labute approximate surface area is 125 Å². The lowest BCUT2D eigenvalue weighted by molar-refractivity contribution is -0.131. The predicted octanol–water partition coefficient (Wildman–Crippen LogP) is 5.82. The van der Waals surface area contributed by atoms with Gasteiger partial charge in [-0.05, 0) is 18.3 Å². The smallest absolute Gasteiger partial charge is 0.327 e. The summed E-state index contributed by atoms with van der Waals surface area (Å²) in [6.45, 7) is 6.70. The molecule has 0 aliphatic carbocycles. The lowest BCUT2D eigenvalue weighted by atomic mass is 9.94. The summed E-state index contributed by atoms with van der Waals surface area (Å²) < 4.78 is 0. The van der Waals surface area contributed by atoms with Crippen LogP contribution in [0.2, 0.25) is 0 Å². The lowest BCUT2D eigenvalue weighted by Crippen LogP contribution is -1.98. The van der Waals surface area contributed by atoms with Crippen molar-refractivity contribution in [2.45, 2.75) is 85.0 Å². The van der Waals surface area contributed by atoms with Crippen molar-refractivity contribution in [1.29, 1.82) is 0 Å². The van der Waals surface area contributed by atoms with E-state index in [4.69, 9.17) is 5.11 Å². The molecule has 0 fully saturated rings. The normalized spacial score (nSPS) is 14.6. The zero-order valence-electron chi connectivity index (χ0n) is 13.7. The van der Waals surface area contributed by atoms with Crippen LogP contribution in [0.1, 0.15) is 85.0 Å². The van der Waals surface area contributed by atoms with Crippen molar-refractivity contribution in [2.75, 3.05) is 0 Å². The van der Waals surface area contributed by atoms with Crippen LogP contribution >= 0.6 is 0 Å². The van der Waals surface area contributed by atoms with Gasteiger partial charge in [-0.25, -0.2) is 4.79 Å². The zero-order valence-corrected chi connectivity index (χ0v) is 13.7. The Hall–Kier alpha value is -0.790. The Morgan fingerprint density at radius 1 is 0.950 bits per heavy atom. The second kappa shape index (κ2) is 13.2. The molecule has 0 rings (SSSR count).